The van der Waals surface area contributed by atoms with E-state index >= 15 is 0 Å². The molecule has 0 radical (unpaired) electrons. The quantitative estimate of drug-likeness (QED) is 0.729. The number of rotatable bonds is 1. The third kappa shape index (κ3) is 1.52. The van der Waals surface area contributed by atoms with Crippen LogP contribution in [0, 0.1) is 0 Å². The Morgan fingerprint density at radius 3 is 2.88 bits per heavy atom. The highest BCUT2D eigenvalue weighted by Crippen LogP contribution is 2.28. The molecular weight excluding hydrogens is 198 g/mol. The maximum atomic E-state index is 4.74. The van der Waals surface area contributed by atoms with Gasteiger partial charge in [0.2, 0.25) is 0 Å². The average Bonchev–Trinajstić information content (AvgIpc) is 2.76. The van der Waals surface area contributed by atoms with Gasteiger partial charge in [0.05, 0.1) is 5.69 Å². The van der Waals surface area contributed by atoms with Crippen LogP contribution >= 0.6 is 0 Å². The maximum Gasteiger partial charge on any atom is 0.112 e. The smallest absolute Gasteiger partial charge is 0.112 e. The summed E-state index contributed by atoms with van der Waals surface area (Å²) in [4.78, 5) is 8.77. The number of fused-ring (bicyclic) bond motifs is 1. The third-order valence-corrected chi connectivity index (χ3v) is 3.26. The monoisotopic (exact) mass is 213 g/mol. The van der Waals surface area contributed by atoms with Crippen LogP contribution in [0.5, 0.6) is 0 Å². The van der Waals surface area contributed by atoms with Crippen molar-refractivity contribution in [3.63, 3.8) is 0 Å². The summed E-state index contributed by atoms with van der Waals surface area (Å²) in [6.45, 7) is 3.37. The van der Waals surface area contributed by atoms with E-state index in [9.17, 15) is 0 Å². The summed E-state index contributed by atoms with van der Waals surface area (Å²) in [6, 6.07) is 4.03. The molecule has 1 atom stereocenters. The normalized spacial score (nSPS) is 19.4. The SMILES string of the molecule is C[C@@H]1CCCn2cc(-c3ccncc3)nc21. The van der Waals surface area contributed by atoms with Crippen molar-refractivity contribution in [1.82, 2.24) is 14.5 Å². The molecule has 3 rings (SSSR count). The Hall–Kier alpha value is -1.64. The first kappa shape index (κ1) is 9.58. The van der Waals surface area contributed by atoms with Gasteiger partial charge in [0.1, 0.15) is 5.82 Å². The molecule has 0 amide bonds. The summed E-state index contributed by atoms with van der Waals surface area (Å²) in [5.74, 6) is 1.82. The number of imidazole rings is 1. The number of hydrogen-bond donors (Lipinski definition) is 0. The largest absolute Gasteiger partial charge is 0.334 e. The summed E-state index contributed by atoms with van der Waals surface area (Å²) in [7, 11) is 0. The second-order valence-electron chi connectivity index (χ2n) is 4.46. The van der Waals surface area contributed by atoms with Gasteiger partial charge in [-0.1, -0.05) is 6.92 Å². The van der Waals surface area contributed by atoms with Crippen LogP contribution < -0.4 is 0 Å². The molecule has 3 nitrogen and oxygen atoms in total. The van der Waals surface area contributed by atoms with Crippen molar-refractivity contribution in [3.8, 4) is 11.3 Å². The van der Waals surface area contributed by atoms with Crippen molar-refractivity contribution in [2.75, 3.05) is 0 Å². The second-order valence-corrected chi connectivity index (χ2v) is 4.46. The van der Waals surface area contributed by atoms with Crippen LogP contribution in [-0.2, 0) is 6.54 Å². The minimum atomic E-state index is 0.587. The van der Waals surface area contributed by atoms with Crippen molar-refractivity contribution in [2.45, 2.75) is 32.2 Å². The molecule has 1 aliphatic rings. The first-order chi connectivity index (χ1) is 7.84. The van der Waals surface area contributed by atoms with E-state index in [1.165, 1.54) is 18.7 Å². The van der Waals surface area contributed by atoms with Gasteiger partial charge >= 0.3 is 0 Å². The van der Waals surface area contributed by atoms with Gasteiger partial charge in [-0.25, -0.2) is 4.98 Å². The Bertz CT molecular complexity index is 487. The van der Waals surface area contributed by atoms with Crippen molar-refractivity contribution in [3.05, 3.63) is 36.5 Å². The van der Waals surface area contributed by atoms with Crippen LogP contribution in [0.3, 0.4) is 0 Å². The Balaban J connectivity index is 2.05. The van der Waals surface area contributed by atoms with E-state index in [2.05, 4.69) is 22.7 Å². The minimum absolute atomic E-state index is 0.587. The van der Waals surface area contributed by atoms with Crippen molar-refractivity contribution in [1.29, 1.82) is 0 Å². The molecule has 0 saturated heterocycles. The van der Waals surface area contributed by atoms with E-state index < -0.39 is 0 Å². The van der Waals surface area contributed by atoms with Crippen LogP contribution in [-0.4, -0.2) is 14.5 Å². The number of nitrogens with zero attached hydrogens (tertiary/aromatic N) is 3. The fraction of sp³-hybridized carbons (Fsp3) is 0.385. The molecule has 1 aliphatic heterocycles. The van der Waals surface area contributed by atoms with Crippen LogP contribution in [0.25, 0.3) is 11.3 Å². The van der Waals surface area contributed by atoms with Gasteiger partial charge in [-0.15, -0.1) is 0 Å². The number of aromatic nitrogens is 3. The topological polar surface area (TPSA) is 30.7 Å². The zero-order valence-electron chi connectivity index (χ0n) is 9.43. The molecule has 16 heavy (non-hydrogen) atoms. The van der Waals surface area contributed by atoms with E-state index in [0.29, 0.717) is 5.92 Å². The number of aryl methyl sites for hydroxylation is 1. The minimum Gasteiger partial charge on any atom is -0.334 e. The van der Waals surface area contributed by atoms with Crippen LogP contribution in [0.15, 0.2) is 30.7 Å². The molecule has 2 aromatic rings. The highest BCUT2D eigenvalue weighted by atomic mass is 15.1. The van der Waals surface area contributed by atoms with Crippen molar-refractivity contribution < 1.29 is 0 Å². The summed E-state index contributed by atoms with van der Waals surface area (Å²) in [5.41, 5.74) is 2.23. The van der Waals surface area contributed by atoms with E-state index in [0.717, 1.165) is 17.8 Å². The van der Waals surface area contributed by atoms with Gasteiger partial charge < -0.3 is 4.57 Å². The first-order valence-corrected chi connectivity index (χ1v) is 5.82. The van der Waals surface area contributed by atoms with Gasteiger partial charge in [-0.3, -0.25) is 4.98 Å². The molecule has 0 aliphatic carbocycles. The third-order valence-electron chi connectivity index (χ3n) is 3.26. The molecule has 0 spiro atoms. The van der Waals surface area contributed by atoms with Gasteiger partial charge in [0.15, 0.2) is 0 Å². The molecule has 0 unspecified atom stereocenters. The Labute approximate surface area is 95.2 Å². The zero-order chi connectivity index (χ0) is 11.0. The zero-order valence-corrected chi connectivity index (χ0v) is 9.43. The molecule has 82 valence electrons. The fourth-order valence-corrected chi connectivity index (χ4v) is 2.36. The lowest BCUT2D eigenvalue weighted by molar-refractivity contribution is 0.463. The number of pyridine rings is 1. The maximum absolute atomic E-state index is 4.74. The lowest BCUT2D eigenvalue weighted by Gasteiger charge is -2.19. The molecule has 0 saturated carbocycles. The van der Waals surface area contributed by atoms with E-state index in [1.807, 2.05) is 24.5 Å². The molecule has 0 N–H and O–H groups in total. The Morgan fingerprint density at radius 1 is 1.31 bits per heavy atom. The van der Waals surface area contributed by atoms with Gasteiger partial charge in [-0.05, 0) is 25.0 Å². The Kier molecular flexibility index (Phi) is 2.24. The predicted octanol–water partition coefficient (Wildman–Crippen LogP) is 2.84. The molecule has 0 fully saturated rings. The standard InChI is InChI=1S/C13H15N3/c1-10-3-2-8-16-9-12(15-13(10)16)11-4-6-14-7-5-11/h4-7,9-10H,2-3,8H2,1H3/t10-/m1/s1. The second kappa shape index (κ2) is 3.74. The molecule has 0 bridgehead atoms. The predicted molar refractivity (Wildman–Crippen MR) is 63.1 cm³/mol. The van der Waals surface area contributed by atoms with Crippen LogP contribution in [0.2, 0.25) is 0 Å². The summed E-state index contributed by atoms with van der Waals surface area (Å²) in [5, 5.41) is 0. The van der Waals surface area contributed by atoms with Gasteiger partial charge in [0.25, 0.3) is 0 Å². The molecule has 3 heteroatoms. The van der Waals surface area contributed by atoms with Gasteiger partial charge in [-0.2, -0.15) is 0 Å². The molecule has 0 aromatic carbocycles. The first-order valence-electron chi connectivity index (χ1n) is 5.82. The average molecular weight is 213 g/mol. The molecule has 2 aromatic heterocycles. The van der Waals surface area contributed by atoms with E-state index in [1.54, 1.807) is 0 Å². The Morgan fingerprint density at radius 2 is 2.12 bits per heavy atom. The fourth-order valence-electron chi connectivity index (χ4n) is 2.36. The van der Waals surface area contributed by atoms with Crippen molar-refractivity contribution >= 4 is 0 Å². The highest BCUT2D eigenvalue weighted by Gasteiger charge is 2.19. The lowest BCUT2D eigenvalue weighted by Crippen LogP contribution is -2.12. The lowest BCUT2D eigenvalue weighted by atomic mass is 10.0. The van der Waals surface area contributed by atoms with Crippen LogP contribution in [0.1, 0.15) is 31.5 Å². The van der Waals surface area contributed by atoms with Crippen molar-refractivity contribution in [2.24, 2.45) is 0 Å². The summed E-state index contributed by atoms with van der Waals surface area (Å²) >= 11 is 0. The van der Waals surface area contributed by atoms with Crippen LogP contribution in [0.4, 0.5) is 0 Å². The summed E-state index contributed by atoms with van der Waals surface area (Å²) < 4.78 is 2.30. The number of hydrogen-bond acceptors (Lipinski definition) is 2. The summed E-state index contributed by atoms with van der Waals surface area (Å²) in [6.07, 6.45) is 8.32. The van der Waals surface area contributed by atoms with Gasteiger partial charge in [0, 0.05) is 36.6 Å². The highest BCUT2D eigenvalue weighted by molar-refractivity contribution is 5.57. The molecule has 3 heterocycles. The van der Waals surface area contributed by atoms with E-state index in [4.69, 9.17) is 4.98 Å². The van der Waals surface area contributed by atoms with E-state index in [-0.39, 0.29) is 0 Å². The molecular formula is C13H15N3.